The maximum atomic E-state index is 6.53. The van der Waals surface area contributed by atoms with Crippen LogP contribution in [-0.4, -0.2) is 15.0 Å². The van der Waals surface area contributed by atoms with Gasteiger partial charge in [0.2, 0.25) is 0 Å². The fourth-order valence-electron chi connectivity index (χ4n) is 8.05. The summed E-state index contributed by atoms with van der Waals surface area (Å²) in [6.07, 6.45) is 0. The first-order valence-corrected chi connectivity index (χ1v) is 19.2. The number of benzene rings is 9. The smallest absolute Gasteiger partial charge is 0.164 e. The van der Waals surface area contributed by atoms with E-state index in [1.807, 2.05) is 18.2 Å². The largest absolute Gasteiger partial charge is 0.456 e. The van der Waals surface area contributed by atoms with Gasteiger partial charge >= 0.3 is 0 Å². The molecule has 4 nitrogen and oxygen atoms in total. The van der Waals surface area contributed by atoms with Gasteiger partial charge < -0.3 is 4.42 Å². The van der Waals surface area contributed by atoms with Gasteiger partial charge in [-0.05, 0) is 91.3 Å². The lowest BCUT2D eigenvalue weighted by Gasteiger charge is -2.14. The Bertz CT molecular complexity index is 3300. The van der Waals surface area contributed by atoms with E-state index in [4.69, 9.17) is 19.4 Å². The molecule has 266 valence electrons. The molecule has 11 rings (SSSR count). The predicted octanol–water partition coefficient (Wildman–Crippen LogP) is 14.1. The summed E-state index contributed by atoms with van der Waals surface area (Å²) < 4.78 is 6.53. The van der Waals surface area contributed by atoms with Crippen molar-refractivity contribution in [3.63, 3.8) is 0 Å². The number of hydrogen-bond donors (Lipinski definition) is 0. The first-order chi connectivity index (χ1) is 28.2. The van der Waals surface area contributed by atoms with E-state index in [9.17, 15) is 0 Å². The highest BCUT2D eigenvalue weighted by atomic mass is 16.3. The van der Waals surface area contributed by atoms with Gasteiger partial charge in [0.05, 0.1) is 0 Å². The Morgan fingerprint density at radius 3 is 1.56 bits per heavy atom. The van der Waals surface area contributed by atoms with E-state index in [0.29, 0.717) is 17.5 Å². The molecule has 2 heterocycles. The molecule has 0 aliphatic heterocycles. The van der Waals surface area contributed by atoms with Crippen molar-refractivity contribution >= 4 is 43.5 Å². The topological polar surface area (TPSA) is 51.8 Å². The molecule has 0 unspecified atom stereocenters. The van der Waals surface area contributed by atoms with Crippen molar-refractivity contribution < 1.29 is 4.42 Å². The molecule has 0 amide bonds. The zero-order chi connectivity index (χ0) is 37.7. The Morgan fingerprint density at radius 1 is 0.281 bits per heavy atom. The quantitative estimate of drug-likeness (QED) is 0.171. The number of aromatic nitrogens is 3. The van der Waals surface area contributed by atoms with E-state index in [2.05, 4.69) is 182 Å². The minimum Gasteiger partial charge on any atom is -0.456 e. The Kier molecular flexibility index (Phi) is 7.78. The van der Waals surface area contributed by atoms with Gasteiger partial charge in [-0.3, -0.25) is 0 Å². The fraction of sp³-hybridized carbons (Fsp3) is 0. The monoisotopic (exact) mass is 727 g/mol. The highest BCUT2D eigenvalue weighted by Crippen LogP contribution is 2.40. The number of nitrogens with zero attached hydrogens (tertiary/aromatic N) is 3. The van der Waals surface area contributed by atoms with Crippen molar-refractivity contribution in [3.05, 3.63) is 200 Å². The van der Waals surface area contributed by atoms with Crippen molar-refractivity contribution in [2.24, 2.45) is 0 Å². The standard InChI is InChI=1S/C53H33N3O/c1-3-12-34(13-4-1)40-26-29-45-49(33-40)57-48-21-11-20-46(50(45)48)53-55-51(42-25-23-36-15-8-10-19-39(36)31-42)54-52(56-53)43-27-28-44(37-16-5-2-6-17-37)47(32-43)41-24-22-35-14-7-9-18-38(35)30-41/h1-33H. The zero-order valence-electron chi connectivity index (χ0n) is 30.8. The SMILES string of the molecule is c1ccc(-c2ccc3c(c2)oc2cccc(-c4nc(-c5ccc(-c6ccccc6)c(-c6ccc7ccccc7c6)c5)nc(-c5ccc6ccccc6c5)n4)c23)cc1. The van der Waals surface area contributed by atoms with Crippen LogP contribution in [-0.2, 0) is 0 Å². The molecular formula is C53H33N3O. The molecule has 0 saturated carbocycles. The lowest BCUT2D eigenvalue weighted by atomic mass is 9.91. The zero-order valence-corrected chi connectivity index (χ0v) is 30.8. The van der Waals surface area contributed by atoms with E-state index >= 15 is 0 Å². The van der Waals surface area contributed by atoms with Gasteiger partial charge in [-0.25, -0.2) is 15.0 Å². The normalized spacial score (nSPS) is 11.5. The van der Waals surface area contributed by atoms with Crippen LogP contribution in [0.5, 0.6) is 0 Å². The molecule has 0 N–H and O–H groups in total. The highest BCUT2D eigenvalue weighted by Gasteiger charge is 2.20. The van der Waals surface area contributed by atoms with Crippen LogP contribution >= 0.6 is 0 Å². The molecule has 57 heavy (non-hydrogen) atoms. The molecule has 0 fully saturated rings. The van der Waals surface area contributed by atoms with Crippen LogP contribution in [0.3, 0.4) is 0 Å². The molecule has 0 radical (unpaired) electrons. The van der Waals surface area contributed by atoms with Crippen molar-refractivity contribution in [1.29, 1.82) is 0 Å². The Labute approximate surface area is 329 Å². The lowest BCUT2D eigenvalue weighted by Crippen LogP contribution is -2.01. The molecule has 2 aromatic heterocycles. The van der Waals surface area contributed by atoms with E-state index in [1.54, 1.807) is 0 Å². The van der Waals surface area contributed by atoms with Crippen molar-refractivity contribution in [2.75, 3.05) is 0 Å². The Hall–Kier alpha value is -7.69. The van der Waals surface area contributed by atoms with Crippen LogP contribution in [0, 0.1) is 0 Å². The van der Waals surface area contributed by atoms with Gasteiger partial charge in [-0.1, -0.05) is 164 Å². The molecule has 0 aliphatic carbocycles. The van der Waals surface area contributed by atoms with E-state index in [1.165, 1.54) is 10.8 Å². The third kappa shape index (κ3) is 5.92. The Morgan fingerprint density at radius 2 is 0.842 bits per heavy atom. The first kappa shape index (κ1) is 32.7. The van der Waals surface area contributed by atoms with Gasteiger partial charge in [-0.15, -0.1) is 0 Å². The van der Waals surface area contributed by atoms with Crippen LogP contribution in [0.4, 0.5) is 0 Å². The van der Waals surface area contributed by atoms with Crippen molar-refractivity contribution in [3.8, 4) is 67.5 Å². The molecule has 9 aromatic carbocycles. The third-order valence-electron chi connectivity index (χ3n) is 10.9. The van der Waals surface area contributed by atoms with Crippen molar-refractivity contribution in [1.82, 2.24) is 15.0 Å². The molecule has 0 atom stereocenters. The number of hydrogen-bond acceptors (Lipinski definition) is 4. The number of rotatable bonds is 6. The lowest BCUT2D eigenvalue weighted by molar-refractivity contribution is 0.669. The molecule has 0 spiro atoms. The van der Waals surface area contributed by atoms with Crippen molar-refractivity contribution in [2.45, 2.75) is 0 Å². The summed E-state index contributed by atoms with van der Waals surface area (Å²) in [6, 6.07) is 70.0. The average molecular weight is 728 g/mol. The van der Waals surface area contributed by atoms with Crippen LogP contribution < -0.4 is 0 Å². The van der Waals surface area contributed by atoms with Gasteiger partial charge in [0.1, 0.15) is 11.2 Å². The molecule has 11 aromatic rings. The number of fused-ring (bicyclic) bond motifs is 5. The summed E-state index contributed by atoms with van der Waals surface area (Å²) >= 11 is 0. The van der Waals surface area contributed by atoms with Crippen LogP contribution in [0.2, 0.25) is 0 Å². The summed E-state index contributed by atoms with van der Waals surface area (Å²) in [5.74, 6) is 1.79. The summed E-state index contributed by atoms with van der Waals surface area (Å²) in [5, 5.41) is 6.68. The minimum atomic E-state index is 0.586. The average Bonchev–Trinajstić information content (AvgIpc) is 3.67. The summed E-state index contributed by atoms with van der Waals surface area (Å²) in [7, 11) is 0. The summed E-state index contributed by atoms with van der Waals surface area (Å²) in [4.78, 5) is 15.7. The van der Waals surface area contributed by atoms with Gasteiger partial charge in [0.25, 0.3) is 0 Å². The second-order valence-corrected chi connectivity index (χ2v) is 14.4. The molecule has 0 aliphatic rings. The predicted molar refractivity (Wildman–Crippen MR) is 235 cm³/mol. The maximum Gasteiger partial charge on any atom is 0.164 e. The van der Waals surface area contributed by atoms with Gasteiger partial charge in [0, 0.05) is 27.5 Å². The van der Waals surface area contributed by atoms with Crippen LogP contribution in [0.15, 0.2) is 205 Å². The van der Waals surface area contributed by atoms with Crippen LogP contribution in [0.1, 0.15) is 0 Å². The number of furan rings is 1. The Balaban J connectivity index is 1.13. The molecular weight excluding hydrogens is 695 g/mol. The van der Waals surface area contributed by atoms with Crippen LogP contribution in [0.25, 0.3) is 111 Å². The van der Waals surface area contributed by atoms with E-state index in [0.717, 1.165) is 82.8 Å². The van der Waals surface area contributed by atoms with Gasteiger partial charge in [-0.2, -0.15) is 0 Å². The van der Waals surface area contributed by atoms with E-state index in [-0.39, 0.29) is 0 Å². The molecule has 0 saturated heterocycles. The fourth-order valence-corrected chi connectivity index (χ4v) is 8.05. The maximum absolute atomic E-state index is 6.53. The summed E-state index contributed by atoms with van der Waals surface area (Å²) in [5.41, 5.74) is 11.1. The molecule has 0 bridgehead atoms. The molecule has 4 heteroatoms. The van der Waals surface area contributed by atoms with E-state index < -0.39 is 0 Å². The minimum absolute atomic E-state index is 0.586. The first-order valence-electron chi connectivity index (χ1n) is 19.2. The second-order valence-electron chi connectivity index (χ2n) is 14.4. The third-order valence-corrected chi connectivity index (χ3v) is 10.9. The summed E-state index contributed by atoms with van der Waals surface area (Å²) in [6.45, 7) is 0. The second kappa shape index (κ2) is 13.6. The van der Waals surface area contributed by atoms with Gasteiger partial charge in [0.15, 0.2) is 17.5 Å². The highest BCUT2D eigenvalue weighted by molar-refractivity contribution is 6.12.